The van der Waals surface area contributed by atoms with E-state index >= 15 is 0 Å². The Balaban J connectivity index is 1.82. The van der Waals surface area contributed by atoms with Gasteiger partial charge in [-0.3, -0.25) is 4.79 Å². The van der Waals surface area contributed by atoms with Gasteiger partial charge < -0.3 is 10.2 Å². The lowest BCUT2D eigenvalue weighted by molar-refractivity contribution is -0.162. The van der Waals surface area contributed by atoms with E-state index in [4.69, 9.17) is 0 Å². The maximum atomic E-state index is 11.8. The second-order valence-electron chi connectivity index (χ2n) is 8.07. The van der Waals surface area contributed by atoms with Crippen LogP contribution in [0.25, 0.3) is 0 Å². The molecule has 0 aromatic carbocycles. The van der Waals surface area contributed by atoms with Gasteiger partial charge in [0.15, 0.2) is 0 Å². The molecule has 3 nitrogen and oxygen atoms in total. The highest BCUT2D eigenvalue weighted by Gasteiger charge is 2.54. The highest BCUT2D eigenvalue weighted by Crippen LogP contribution is 2.58. The van der Waals surface area contributed by atoms with Crippen molar-refractivity contribution in [2.24, 2.45) is 35.0 Å². The molecule has 3 aliphatic rings. The van der Waals surface area contributed by atoms with Crippen LogP contribution in [0.5, 0.6) is 0 Å². The van der Waals surface area contributed by atoms with Crippen molar-refractivity contribution in [2.75, 3.05) is 0 Å². The Bertz CT molecular complexity index is 407. The zero-order chi connectivity index (χ0) is 15.2. The molecular formula is C18H30O3. The van der Waals surface area contributed by atoms with Crippen LogP contribution in [0, 0.1) is 35.0 Å². The van der Waals surface area contributed by atoms with Crippen molar-refractivity contribution in [2.45, 2.75) is 71.3 Å². The Kier molecular flexibility index (Phi) is 4.06. The molecule has 0 aromatic heterocycles. The van der Waals surface area contributed by atoms with E-state index in [2.05, 4.69) is 6.92 Å². The molecule has 3 fully saturated rings. The van der Waals surface area contributed by atoms with Crippen LogP contribution in [0.4, 0.5) is 0 Å². The van der Waals surface area contributed by atoms with Crippen LogP contribution >= 0.6 is 0 Å². The summed E-state index contributed by atoms with van der Waals surface area (Å²) >= 11 is 0. The average Bonchev–Trinajstić information content (AvgIpc) is 2.46. The SMILES string of the molecule is CC[C@H]1C2CCC3CC(O)CCC3C2CC[C@]1(C)C(=O)O. The third-order valence-electron chi connectivity index (χ3n) is 7.24. The first-order valence-electron chi connectivity index (χ1n) is 8.88. The minimum absolute atomic E-state index is 0.0855. The van der Waals surface area contributed by atoms with Gasteiger partial charge in [0.1, 0.15) is 0 Å². The molecule has 3 rings (SSSR count). The predicted molar refractivity (Wildman–Crippen MR) is 81.8 cm³/mol. The zero-order valence-corrected chi connectivity index (χ0v) is 13.4. The maximum Gasteiger partial charge on any atom is 0.309 e. The largest absolute Gasteiger partial charge is 0.481 e. The molecule has 5 unspecified atom stereocenters. The molecule has 3 heteroatoms. The molecule has 0 amide bonds. The summed E-state index contributed by atoms with van der Waals surface area (Å²) in [6.07, 6.45) is 8.32. The Morgan fingerprint density at radius 2 is 1.81 bits per heavy atom. The normalized spacial score (nSPS) is 50.0. The minimum Gasteiger partial charge on any atom is -0.481 e. The number of carboxylic acids is 1. The van der Waals surface area contributed by atoms with Crippen molar-refractivity contribution in [3.63, 3.8) is 0 Å². The summed E-state index contributed by atoms with van der Waals surface area (Å²) in [7, 11) is 0. The number of aliphatic hydroxyl groups is 1. The van der Waals surface area contributed by atoms with E-state index < -0.39 is 11.4 Å². The Morgan fingerprint density at radius 3 is 2.48 bits per heavy atom. The van der Waals surface area contributed by atoms with Crippen molar-refractivity contribution >= 4 is 5.97 Å². The van der Waals surface area contributed by atoms with E-state index in [1.54, 1.807) is 0 Å². The number of carboxylic acid groups (broad SMARTS) is 1. The van der Waals surface area contributed by atoms with E-state index in [0.29, 0.717) is 23.7 Å². The standard InChI is InChI=1S/C18H30O3/c1-3-16-15-6-4-11-10-12(19)5-7-13(11)14(15)8-9-18(16,2)17(20)21/h11-16,19H,3-10H2,1-2H3,(H,20,21)/t11?,12?,13?,14?,15?,16-,18-/m0/s1. The van der Waals surface area contributed by atoms with Crippen molar-refractivity contribution in [1.82, 2.24) is 0 Å². The number of aliphatic hydroxyl groups excluding tert-OH is 1. The number of hydrogen-bond acceptors (Lipinski definition) is 2. The van der Waals surface area contributed by atoms with Crippen LogP contribution in [-0.4, -0.2) is 22.3 Å². The number of rotatable bonds is 2. The van der Waals surface area contributed by atoms with Gasteiger partial charge in [0.05, 0.1) is 11.5 Å². The molecular weight excluding hydrogens is 264 g/mol. The van der Waals surface area contributed by atoms with Gasteiger partial charge in [0.25, 0.3) is 0 Å². The van der Waals surface area contributed by atoms with Crippen LogP contribution in [0.2, 0.25) is 0 Å². The number of fused-ring (bicyclic) bond motifs is 3. The zero-order valence-electron chi connectivity index (χ0n) is 13.4. The van der Waals surface area contributed by atoms with Crippen LogP contribution in [0.1, 0.15) is 65.2 Å². The maximum absolute atomic E-state index is 11.8. The Labute approximate surface area is 128 Å². The van der Waals surface area contributed by atoms with Gasteiger partial charge in [-0.05, 0) is 81.5 Å². The van der Waals surface area contributed by atoms with E-state index in [1.807, 2.05) is 6.92 Å². The molecule has 120 valence electrons. The summed E-state index contributed by atoms with van der Waals surface area (Å²) in [6.45, 7) is 4.15. The minimum atomic E-state index is -0.589. The number of carbonyl (C=O) groups is 1. The highest BCUT2D eigenvalue weighted by molar-refractivity contribution is 5.74. The third-order valence-corrected chi connectivity index (χ3v) is 7.24. The first-order valence-corrected chi connectivity index (χ1v) is 8.88. The van der Waals surface area contributed by atoms with E-state index in [9.17, 15) is 15.0 Å². The lowest BCUT2D eigenvalue weighted by Gasteiger charge is -2.55. The van der Waals surface area contributed by atoms with E-state index in [0.717, 1.165) is 44.4 Å². The quantitative estimate of drug-likeness (QED) is 0.816. The topological polar surface area (TPSA) is 57.5 Å². The molecule has 21 heavy (non-hydrogen) atoms. The van der Waals surface area contributed by atoms with E-state index in [1.165, 1.54) is 12.8 Å². The number of hydrogen-bond donors (Lipinski definition) is 2. The van der Waals surface area contributed by atoms with Gasteiger partial charge in [0.2, 0.25) is 0 Å². The molecule has 3 aliphatic carbocycles. The van der Waals surface area contributed by atoms with Crippen molar-refractivity contribution in [3.8, 4) is 0 Å². The van der Waals surface area contributed by atoms with Gasteiger partial charge in [-0.15, -0.1) is 0 Å². The fourth-order valence-corrected chi connectivity index (χ4v) is 6.17. The van der Waals surface area contributed by atoms with Crippen LogP contribution in [0.15, 0.2) is 0 Å². The molecule has 0 bridgehead atoms. The summed E-state index contributed by atoms with van der Waals surface area (Å²) in [5.41, 5.74) is -0.517. The molecule has 7 atom stereocenters. The molecule has 0 aliphatic heterocycles. The summed E-state index contributed by atoms with van der Waals surface area (Å²) in [5, 5.41) is 19.6. The van der Waals surface area contributed by atoms with Crippen molar-refractivity contribution < 1.29 is 15.0 Å². The van der Waals surface area contributed by atoms with Crippen LogP contribution < -0.4 is 0 Å². The summed E-state index contributed by atoms with van der Waals surface area (Å²) in [6, 6.07) is 0. The third kappa shape index (κ3) is 2.42. The van der Waals surface area contributed by atoms with Crippen LogP contribution in [-0.2, 0) is 4.79 Å². The van der Waals surface area contributed by atoms with Crippen molar-refractivity contribution in [1.29, 1.82) is 0 Å². The lowest BCUT2D eigenvalue weighted by Crippen LogP contribution is -2.51. The summed E-state index contributed by atoms with van der Waals surface area (Å²) in [4.78, 5) is 11.8. The molecule has 2 N–H and O–H groups in total. The molecule has 3 saturated carbocycles. The van der Waals surface area contributed by atoms with Crippen LogP contribution in [0.3, 0.4) is 0 Å². The second-order valence-corrected chi connectivity index (χ2v) is 8.07. The number of aliphatic carboxylic acids is 1. The van der Waals surface area contributed by atoms with Crippen molar-refractivity contribution in [3.05, 3.63) is 0 Å². The molecule has 0 heterocycles. The van der Waals surface area contributed by atoms with Gasteiger partial charge in [0, 0.05) is 0 Å². The van der Waals surface area contributed by atoms with Gasteiger partial charge in [-0.2, -0.15) is 0 Å². The van der Waals surface area contributed by atoms with Gasteiger partial charge in [-0.1, -0.05) is 13.3 Å². The lowest BCUT2D eigenvalue weighted by atomic mass is 9.49. The predicted octanol–water partition coefficient (Wildman–Crippen LogP) is 3.70. The monoisotopic (exact) mass is 294 g/mol. The molecule has 0 saturated heterocycles. The smallest absolute Gasteiger partial charge is 0.309 e. The fourth-order valence-electron chi connectivity index (χ4n) is 6.17. The summed E-state index contributed by atoms with van der Waals surface area (Å²) in [5.74, 6) is 2.51. The van der Waals surface area contributed by atoms with Gasteiger partial charge >= 0.3 is 5.97 Å². The molecule has 0 radical (unpaired) electrons. The Morgan fingerprint density at radius 1 is 1.10 bits per heavy atom. The Hall–Kier alpha value is -0.570. The first kappa shape index (κ1) is 15.3. The van der Waals surface area contributed by atoms with E-state index in [-0.39, 0.29) is 6.10 Å². The highest BCUT2D eigenvalue weighted by atomic mass is 16.4. The molecule has 0 aromatic rings. The van der Waals surface area contributed by atoms with Gasteiger partial charge in [-0.25, -0.2) is 0 Å². The summed E-state index contributed by atoms with van der Waals surface area (Å²) < 4.78 is 0. The first-order chi connectivity index (χ1) is 9.97. The average molecular weight is 294 g/mol. The fraction of sp³-hybridized carbons (Fsp3) is 0.944. The molecule has 0 spiro atoms. The second kappa shape index (κ2) is 5.57.